The number of hydrogen-bond acceptors (Lipinski definition) is 9. The molecule has 0 aliphatic carbocycles. The Morgan fingerprint density at radius 3 is 2.16 bits per heavy atom. The summed E-state index contributed by atoms with van der Waals surface area (Å²) in [7, 11) is 5.83. The highest BCUT2D eigenvalue weighted by Crippen LogP contribution is 2.31. The lowest BCUT2D eigenvalue weighted by Crippen LogP contribution is -2.11. The first-order valence-corrected chi connectivity index (χ1v) is 9.37. The van der Waals surface area contributed by atoms with Crippen LogP contribution in [0.5, 0.6) is 23.0 Å². The van der Waals surface area contributed by atoms with Crippen LogP contribution in [0.4, 0.5) is 0 Å². The first kappa shape index (κ1) is 24.2. The number of carbonyl (C=O) groups excluding carboxylic acids is 2. The smallest absolute Gasteiger partial charge is 0.348 e. The fraction of sp³-hybridized carbons (Fsp3) is 0.261. The number of benzene rings is 2. The fourth-order valence-electron chi connectivity index (χ4n) is 2.58. The number of hydrogen-bond donors (Lipinski definition) is 0. The van der Waals surface area contributed by atoms with Crippen molar-refractivity contribution in [3.8, 4) is 29.1 Å². The minimum atomic E-state index is -0.771. The molecule has 0 unspecified atom stereocenters. The molecule has 0 radical (unpaired) electrons. The molecule has 0 aliphatic rings. The SMILES string of the molecule is COCCOC(=O)/C(C#N)=C/c1ccc(OC(=O)c2ccc(OC)c(OC)c2)c(OC)c1. The molecule has 32 heavy (non-hydrogen) atoms. The van der Waals surface area contributed by atoms with Gasteiger partial charge in [0.15, 0.2) is 23.0 Å². The zero-order valence-electron chi connectivity index (χ0n) is 18.2. The van der Waals surface area contributed by atoms with E-state index in [0.717, 1.165) is 0 Å². The van der Waals surface area contributed by atoms with E-state index in [1.54, 1.807) is 24.3 Å². The normalized spacial score (nSPS) is 10.7. The van der Waals surface area contributed by atoms with Crippen LogP contribution in [0.2, 0.25) is 0 Å². The van der Waals surface area contributed by atoms with Gasteiger partial charge in [0.1, 0.15) is 18.2 Å². The fourth-order valence-corrected chi connectivity index (χ4v) is 2.58. The first-order chi connectivity index (χ1) is 15.5. The van der Waals surface area contributed by atoms with Gasteiger partial charge in [-0.25, -0.2) is 9.59 Å². The molecule has 0 saturated heterocycles. The summed E-state index contributed by atoms with van der Waals surface area (Å²) in [5.41, 5.74) is 0.533. The van der Waals surface area contributed by atoms with Gasteiger partial charge in [0.25, 0.3) is 0 Å². The van der Waals surface area contributed by atoms with E-state index in [-0.39, 0.29) is 35.8 Å². The summed E-state index contributed by atoms with van der Waals surface area (Å²) in [6.45, 7) is 0.251. The van der Waals surface area contributed by atoms with Crippen molar-refractivity contribution in [2.45, 2.75) is 0 Å². The molecule has 9 nitrogen and oxygen atoms in total. The molecule has 0 saturated carbocycles. The van der Waals surface area contributed by atoms with Crippen molar-refractivity contribution in [1.82, 2.24) is 0 Å². The van der Waals surface area contributed by atoms with Gasteiger partial charge in [-0.15, -0.1) is 0 Å². The van der Waals surface area contributed by atoms with Crippen LogP contribution in [0, 0.1) is 11.3 Å². The summed E-state index contributed by atoms with van der Waals surface area (Å²) in [4.78, 5) is 24.6. The Morgan fingerprint density at radius 2 is 1.53 bits per heavy atom. The van der Waals surface area contributed by atoms with Gasteiger partial charge in [-0.1, -0.05) is 6.07 Å². The van der Waals surface area contributed by atoms with E-state index < -0.39 is 11.9 Å². The molecule has 0 atom stereocenters. The second-order valence-corrected chi connectivity index (χ2v) is 6.17. The van der Waals surface area contributed by atoms with E-state index in [2.05, 4.69) is 0 Å². The van der Waals surface area contributed by atoms with Crippen LogP contribution in [-0.2, 0) is 14.3 Å². The highest BCUT2D eigenvalue weighted by atomic mass is 16.6. The quantitative estimate of drug-likeness (QED) is 0.180. The molecule has 2 rings (SSSR count). The minimum absolute atomic E-state index is 0.0305. The summed E-state index contributed by atoms with van der Waals surface area (Å²) in [5, 5.41) is 9.25. The van der Waals surface area contributed by atoms with Crippen molar-refractivity contribution in [3.05, 3.63) is 53.1 Å². The van der Waals surface area contributed by atoms with E-state index in [0.29, 0.717) is 17.1 Å². The van der Waals surface area contributed by atoms with Crippen LogP contribution >= 0.6 is 0 Å². The molecule has 0 bridgehead atoms. The second kappa shape index (κ2) is 12.0. The lowest BCUT2D eigenvalue weighted by molar-refractivity contribution is -0.139. The molecule has 0 aliphatic heterocycles. The number of methoxy groups -OCH3 is 4. The Bertz CT molecular complexity index is 1040. The maximum atomic E-state index is 12.6. The number of nitrogens with zero attached hydrogens (tertiary/aromatic N) is 1. The third-order valence-corrected chi connectivity index (χ3v) is 4.18. The third-order valence-electron chi connectivity index (χ3n) is 4.18. The Labute approximate surface area is 185 Å². The van der Waals surface area contributed by atoms with Gasteiger partial charge in [0.05, 0.1) is 33.5 Å². The summed E-state index contributed by atoms with van der Waals surface area (Å²) < 4.78 is 30.9. The second-order valence-electron chi connectivity index (χ2n) is 6.17. The molecular weight excluding hydrogens is 418 g/mol. The molecule has 0 N–H and O–H groups in total. The van der Waals surface area contributed by atoms with Crippen LogP contribution in [0.1, 0.15) is 15.9 Å². The van der Waals surface area contributed by atoms with Crippen molar-refractivity contribution in [1.29, 1.82) is 5.26 Å². The van der Waals surface area contributed by atoms with Gasteiger partial charge in [-0.2, -0.15) is 5.26 Å². The number of rotatable bonds is 10. The lowest BCUT2D eigenvalue weighted by Gasteiger charge is -2.12. The van der Waals surface area contributed by atoms with Gasteiger partial charge in [0, 0.05) is 7.11 Å². The zero-order valence-corrected chi connectivity index (χ0v) is 18.2. The standard InChI is InChI=1S/C23H23NO8/c1-27-9-10-31-22(25)17(14-24)11-15-5-7-19(20(12-15)29-3)32-23(26)16-6-8-18(28-2)21(13-16)30-4/h5-8,11-13H,9-10H2,1-4H3/b17-11+. The number of ether oxygens (including phenoxy) is 6. The van der Waals surface area contributed by atoms with Gasteiger partial charge >= 0.3 is 11.9 Å². The van der Waals surface area contributed by atoms with Crippen LogP contribution in [0.3, 0.4) is 0 Å². The van der Waals surface area contributed by atoms with E-state index in [1.165, 1.54) is 52.7 Å². The van der Waals surface area contributed by atoms with Crippen LogP contribution in [0.15, 0.2) is 42.0 Å². The van der Waals surface area contributed by atoms with E-state index in [1.807, 2.05) is 0 Å². The predicted molar refractivity (Wildman–Crippen MR) is 114 cm³/mol. The Balaban J connectivity index is 2.22. The van der Waals surface area contributed by atoms with Gasteiger partial charge in [0.2, 0.25) is 0 Å². The third kappa shape index (κ3) is 6.23. The molecular formula is C23H23NO8. The maximum absolute atomic E-state index is 12.6. The molecule has 168 valence electrons. The molecule has 0 amide bonds. The summed E-state index contributed by atoms with van der Waals surface area (Å²) in [6.07, 6.45) is 1.34. The van der Waals surface area contributed by atoms with Crippen LogP contribution in [0.25, 0.3) is 6.08 Å². The molecule has 9 heteroatoms. The minimum Gasteiger partial charge on any atom is -0.493 e. The number of esters is 2. The maximum Gasteiger partial charge on any atom is 0.348 e. The molecule has 0 fully saturated rings. The van der Waals surface area contributed by atoms with E-state index >= 15 is 0 Å². The van der Waals surface area contributed by atoms with Gasteiger partial charge < -0.3 is 28.4 Å². The number of carbonyl (C=O) groups is 2. The molecule has 2 aromatic carbocycles. The van der Waals surface area contributed by atoms with Crippen molar-refractivity contribution in [2.75, 3.05) is 41.7 Å². The van der Waals surface area contributed by atoms with Crippen molar-refractivity contribution in [3.63, 3.8) is 0 Å². The van der Waals surface area contributed by atoms with Crippen molar-refractivity contribution >= 4 is 18.0 Å². The lowest BCUT2D eigenvalue weighted by atomic mass is 10.1. The van der Waals surface area contributed by atoms with Gasteiger partial charge in [-0.05, 0) is 42.0 Å². The summed E-state index contributed by atoms with van der Waals surface area (Å²) in [5.74, 6) is -0.148. The highest BCUT2D eigenvalue weighted by Gasteiger charge is 2.16. The van der Waals surface area contributed by atoms with Crippen LogP contribution < -0.4 is 18.9 Å². The Hall–Kier alpha value is -4.03. The molecule has 0 heterocycles. The van der Waals surface area contributed by atoms with Crippen LogP contribution in [-0.4, -0.2) is 53.6 Å². The molecule has 2 aromatic rings. The number of nitriles is 1. The largest absolute Gasteiger partial charge is 0.493 e. The average molecular weight is 441 g/mol. The highest BCUT2D eigenvalue weighted by molar-refractivity contribution is 5.98. The van der Waals surface area contributed by atoms with Crippen molar-refractivity contribution < 1.29 is 38.0 Å². The average Bonchev–Trinajstić information content (AvgIpc) is 2.82. The predicted octanol–water partition coefficient (Wildman–Crippen LogP) is 3.03. The molecule has 0 aromatic heterocycles. The van der Waals surface area contributed by atoms with Gasteiger partial charge in [-0.3, -0.25) is 0 Å². The Morgan fingerprint density at radius 1 is 0.875 bits per heavy atom. The summed E-state index contributed by atoms with van der Waals surface area (Å²) >= 11 is 0. The van der Waals surface area contributed by atoms with Crippen molar-refractivity contribution in [2.24, 2.45) is 0 Å². The topological polar surface area (TPSA) is 113 Å². The van der Waals surface area contributed by atoms with E-state index in [9.17, 15) is 14.9 Å². The first-order valence-electron chi connectivity index (χ1n) is 9.37. The zero-order chi connectivity index (χ0) is 23.5. The monoisotopic (exact) mass is 441 g/mol. The van der Waals surface area contributed by atoms with E-state index in [4.69, 9.17) is 28.4 Å². The summed E-state index contributed by atoms with van der Waals surface area (Å²) in [6, 6.07) is 11.0. The molecule has 0 spiro atoms. The Kier molecular flexibility index (Phi) is 9.07.